The van der Waals surface area contributed by atoms with Crippen LogP contribution in [0.5, 0.6) is 5.75 Å². The maximum atomic E-state index is 12.8. The van der Waals surface area contributed by atoms with Crippen molar-refractivity contribution in [3.63, 3.8) is 0 Å². The van der Waals surface area contributed by atoms with Crippen molar-refractivity contribution in [2.75, 3.05) is 49.2 Å². The van der Waals surface area contributed by atoms with E-state index in [1.54, 1.807) is 39.0 Å². The van der Waals surface area contributed by atoms with E-state index < -0.39 is 5.79 Å². The summed E-state index contributed by atoms with van der Waals surface area (Å²) in [7, 11) is 0. The van der Waals surface area contributed by atoms with Gasteiger partial charge in [-0.2, -0.15) is 20.1 Å². The third kappa shape index (κ3) is 6.15. The Bertz CT molecular complexity index is 1750. The maximum absolute atomic E-state index is 12.8. The van der Waals surface area contributed by atoms with Gasteiger partial charge in [0.2, 0.25) is 5.79 Å². The quantitative estimate of drug-likeness (QED) is 0.211. The van der Waals surface area contributed by atoms with E-state index in [4.69, 9.17) is 14.2 Å². The van der Waals surface area contributed by atoms with Crippen LogP contribution in [-0.2, 0) is 21.8 Å². The number of anilines is 2. The van der Waals surface area contributed by atoms with Gasteiger partial charge in [-0.3, -0.25) is 0 Å². The summed E-state index contributed by atoms with van der Waals surface area (Å²) in [6, 6.07) is 16.4. The highest BCUT2D eigenvalue weighted by molar-refractivity contribution is 7.09. The number of aromatic nitrogens is 7. The number of hydrogen-bond acceptors (Lipinski definition) is 11. The Hall–Kier alpha value is -4.53. The largest absolute Gasteiger partial charge is 0.491 e. The van der Waals surface area contributed by atoms with Crippen LogP contribution in [0.1, 0.15) is 31.3 Å². The molecule has 2 saturated heterocycles. The van der Waals surface area contributed by atoms with E-state index in [9.17, 15) is 4.79 Å². The fourth-order valence-electron chi connectivity index (χ4n) is 5.79. The lowest BCUT2D eigenvalue weighted by atomic mass is 10.2. The lowest BCUT2D eigenvalue weighted by Crippen LogP contribution is -2.46. The van der Waals surface area contributed by atoms with Gasteiger partial charge in [-0.1, -0.05) is 6.92 Å². The Morgan fingerprint density at radius 3 is 2.22 bits per heavy atom. The average Bonchev–Trinajstić information content (AvgIpc) is 3.93. The molecule has 0 aliphatic carbocycles. The smallest absolute Gasteiger partial charge is 0.350 e. The van der Waals surface area contributed by atoms with Gasteiger partial charge in [-0.05, 0) is 61.9 Å². The van der Waals surface area contributed by atoms with Gasteiger partial charge in [0.15, 0.2) is 5.01 Å². The highest BCUT2D eigenvalue weighted by Crippen LogP contribution is 2.37. The highest BCUT2D eigenvalue weighted by atomic mass is 32.1. The van der Waals surface area contributed by atoms with Gasteiger partial charge in [0.25, 0.3) is 0 Å². The Kier molecular flexibility index (Phi) is 8.56. The molecule has 0 radical (unpaired) electrons. The minimum Gasteiger partial charge on any atom is -0.491 e. The molecule has 2 aliphatic rings. The molecule has 2 aromatic carbocycles. The number of hydrogen-bond donors (Lipinski definition) is 0. The third-order valence-corrected chi connectivity index (χ3v) is 9.44. The zero-order chi connectivity index (χ0) is 31.5. The molecule has 3 unspecified atom stereocenters. The Balaban J connectivity index is 0.908. The third-order valence-electron chi connectivity index (χ3n) is 8.55. The Labute approximate surface area is 270 Å². The number of ether oxygens (including phenoxy) is 3. The molecule has 5 aromatic rings. The van der Waals surface area contributed by atoms with E-state index in [0.29, 0.717) is 19.8 Å². The molecule has 13 nitrogen and oxygen atoms in total. The normalized spacial score (nSPS) is 20.7. The minimum absolute atomic E-state index is 0.0716. The summed E-state index contributed by atoms with van der Waals surface area (Å²) in [4.78, 5) is 23.5. The summed E-state index contributed by atoms with van der Waals surface area (Å²) < 4.78 is 21.8. The molecule has 3 atom stereocenters. The molecular formula is C32H37N9O4S. The first-order chi connectivity index (χ1) is 22.5. The molecule has 2 aliphatic heterocycles. The molecule has 2 fully saturated rings. The van der Waals surface area contributed by atoms with Crippen molar-refractivity contribution < 1.29 is 14.2 Å². The number of benzene rings is 2. The van der Waals surface area contributed by atoms with Crippen LogP contribution in [0.2, 0.25) is 0 Å². The van der Waals surface area contributed by atoms with Crippen LogP contribution in [0.4, 0.5) is 11.4 Å². The molecule has 3 aromatic heterocycles. The lowest BCUT2D eigenvalue weighted by molar-refractivity contribution is -0.192. The molecule has 0 saturated carbocycles. The van der Waals surface area contributed by atoms with Crippen molar-refractivity contribution in [3.05, 3.63) is 94.3 Å². The fraction of sp³-hybridized carbons (Fsp3) is 0.406. The van der Waals surface area contributed by atoms with Crippen molar-refractivity contribution in [2.45, 2.75) is 44.7 Å². The Morgan fingerprint density at radius 2 is 1.59 bits per heavy atom. The van der Waals surface area contributed by atoms with Gasteiger partial charge in [-0.25, -0.2) is 19.0 Å². The van der Waals surface area contributed by atoms with Crippen molar-refractivity contribution >= 4 is 22.7 Å². The van der Waals surface area contributed by atoms with Crippen LogP contribution in [0.25, 0.3) is 5.69 Å². The van der Waals surface area contributed by atoms with Crippen molar-refractivity contribution in [2.24, 2.45) is 0 Å². The molecule has 46 heavy (non-hydrogen) atoms. The number of thiazole rings is 1. The summed E-state index contributed by atoms with van der Waals surface area (Å²) in [6.45, 7) is 8.71. The molecule has 0 bridgehead atoms. The standard InChI is InChI=1S/C32H37N9O4S/c1-3-24(2)41-31(42)39(23-36-41)27-6-4-25(5-7-27)37-15-17-38(18-16-37)26-8-10-28(11-9-26)43-20-29-21-44-32(45-29,30-33-14-19-46-30)22-40-34-12-13-35-40/h4-14,19,23-24,29H,3,15-18,20-22H2,1-2H3. The van der Waals surface area contributed by atoms with Crippen molar-refractivity contribution in [3.8, 4) is 11.4 Å². The predicted molar refractivity (Wildman–Crippen MR) is 174 cm³/mol. The van der Waals surface area contributed by atoms with Crippen LogP contribution < -0.4 is 20.2 Å². The molecule has 7 rings (SSSR count). The van der Waals surface area contributed by atoms with E-state index >= 15 is 0 Å². The number of piperazine rings is 1. The van der Waals surface area contributed by atoms with Gasteiger partial charge in [0.1, 0.15) is 31.3 Å². The minimum atomic E-state index is -1.04. The van der Waals surface area contributed by atoms with Gasteiger partial charge < -0.3 is 24.0 Å². The monoisotopic (exact) mass is 643 g/mol. The molecule has 5 heterocycles. The summed E-state index contributed by atoms with van der Waals surface area (Å²) in [5, 5.41) is 15.4. The van der Waals surface area contributed by atoms with Crippen LogP contribution in [-0.4, -0.2) is 79.8 Å². The van der Waals surface area contributed by atoms with E-state index in [1.807, 2.05) is 36.6 Å². The average molecular weight is 644 g/mol. The molecule has 14 heteroatoms. The zero-order valence-electron chi connectivity index (χ0n) is 25.9. The van der Waals surface area contributed by atoms with E-state index in [2.05, 4.69) is 61.3 Å². The number of rotatable bonds is 11. The van der Waals surface area contributed by atoms with Crippen molar-refractivity contribution in [1.82, 2.24) is 34.3 Å². The van der Waals surface area contributed by atoms with E-state index in [-0.39, 0.29) is 17.8 Å². The summed E-state index contributed by atoms with van der Waals surface area (Å²) in [6.07, 6.45) is 7.20. The first-order valence-corrected chi connectivity index (χ1v) is 16.4. The fourth-order valence-corrected chi connectivity index (χ4v) is 6.51. The summed E-state index contributed by atoms with van der Waals surface area (Å²) in [5.41, 5.74) is 3.02. The molecule has 0 spiro atoms. The second kappa shape index (κ2) is 13.1. The molecular weight excluding hydrogens is 606 g/mol. The predicted octanol–water partition coefficient (Wildman–Crippen LogP) is 3.73. The molecule has 240 valence electrons. The summed E-state index contributed by atoms with van der Waals surface area (Å²) >= 11 is 1.48. The van der Waals surface area contributed by atoms with Gasteiger partial charge >= 0.3 is 5.69 Å². The van der Waals surface area contributed by atoms with Gasteiger partial charge in [0, 0.05) is 49.1 Å². The van der Waals surface area contributed by atoms with Crippen LogP contribution in [0.3, 0.4) is 0 Å². The topological polar surface area (TPSA) is 118 Å². The van der Waals surface area contributed by atoms with Crippen LogP contribution in [0.15, 0.2) is 83.6 Å². The first kappa shape index (κ1) is 30.1. The van der Waals surface area contributed by atoms with Gasteiger partial charge in [0.05, 0.1) is 30.7 Å². The van der Waals surface area contributed by atoms with Crippen molar-refractivity contribution in [1.29, 1.82) is 0 Å². The summed E-state index contributed by atoms with van der Waals surface area (Å²) in [5.74, 6) is -0.258. The maximum Gasteiger partial charge on any atom is 0.350 e. The Morgan fingerprint density at radius 1 is 0.935 bits per heavy atom. The second-order valence-electron chi connectivity index (χ2n) is 11.5. The zero-order valence-corrected chi connectivity index (χ0v) is 26.7. The highest BCUT2D eigenvalue weighted by Gasteiger charge is 2.46. The number of nitrogens with zero attached hydrogens (tertiary/aromatic N) is 9. The van der Waals surface area contributed by atoms with Crippen LogP contribution in [0, 0.1) is 0 Å². The van der Waals surface area contributed by atoms with Gasteiger partial charge in [-0.15, -0.1) is 11.3 Å². The first-order valence-electron chi connectivity index (χ1n) is 15.6. The molecule has 0 N–H and O–H groups in total. The second-order valence-corrected chi connectivity index (χ2v) is 12.4. The van der Waals surface area contributed by atoms with E-state index in [1.165, 1.54) is 11.3 Å². The molecule has 0 amide bonds. The van der Waals surface area contributed by atoms with Crippen LogP contribution >= 0.6 is 11.3 Å². The lowest BCUT2D eigenvalue weighted by Gasteiger charge is -2.37. The SMILES string of the molecule is CCC(C)n1ncn(-c2ccc(N3CCN(c4ccc(OCC5COC(Cn6nccn6)(c6nccs6)O5)cc4)CC3)cc2)c1=O. The van der Waals surface area contributed by atoms with E-state index in [0.717, 1.165) is 60.4 Å².